The quantitative estimate of drug-likeness (QED) is 0.818. The number of hydrogen-bond donors (Lipinski definition) is 1. The maximum Gasteiger partial charge on any atom is 0.227 e. The van der Waals surface area contributed by atoms with Gasteiger partial charge in [0.15, 0.2) is 0 Å². The van der Waals surface area contributed by atoms with E-state index in [2.05, 4.69) is 20.4 Å². The van der Waals surface area contributed by atoms with Gasteiger partial charge in [-0.1, -0.05) is 28.9 Å². The molecule has 0 bridgehead atoms. The molecule has 2 aromatic rings. The molecule has 4 rings (SSSR count). The van der Waals surface area contributed by atoms with Gasteiger partial charge in [0.1, 0.15) is 0 Å². The van der Waals surface area contributed by atoms with Gasteiger partial charge in [0.2, 0.25) is 17.6 Å². The number of hydrogen-bond acceptors (Lipinski definition) is 5. The third-order valence-corrected chi connectivity index (χ3v) is 6.36. The summed E-state index contributed by atoms with van der Waals surface area (Å²) in [4.78, 5) is 19.3. The van der Waals surface area contributed by atoms with Gasteiger partial charge in [-0.05, 0) is 63.6 Å². The Labute approximate surface area is 178 Å². The van der Waals surface area contributed by atoms with Crippen molar-refractivity contribution in [2.24, 2.45) is 5.41 Å². The van der Waals surface area contributed by atoms with Gasteiger partial charge in [-0.3, -0.25) is 4.79 Å². The van der Waals surface area contributed by atoms with Gasteiger partial charge in [0.05, 0.1) is 0 Å². The smallest absolute Gasteiger partial charge is 0.227 e. The Morgan fingerprint density at radius 2 is 2.03 bits per heavy atom. The highest BCUT2D eigenvalue weighted by Crippen LogP contribution is 2.39. The van der Waals surface area contributed by atoms with Crippen molar-refractivity contribution in [3.8, 4) is 11.4 Å². The first-order chi connectivity index (χ1) is 13.6. The molecule has 0 atom stereocenters. The van der Waals surface area contributed by atoms with Crippen molar-refractivity contribution in [2.75, 3.05) is 26.2 Å². The fraction of sp³-hybridized carbons (Fsp3) is 0.591. The van der Waals surface area contributed by atoms with Crippen molar-refractivity contribution in [3.63, 3.8) is 0 Å². The van der Waals surface area contributed by atoms with E-state index in [1.54, 1.807) is 0 Å². The lowest BCUT2D eigenvalue weighted by Gasteiger charge is -2.37. The van der Waals surface area contributed by atoms with Crippen molar-refractivity contribution in [1.82, 2.24) is 20.4 Å². The molecular formula is C22H31ClN4O2. The van der Waals surface area contributed by atoms with Gasteiger partial charge in [-0.25, -0.2) is 0 Å². The van der Waals surface area contributed by atoms with Crippen molar-refractivity contribution < 1.29 is 9.32 Å². The summed E-state index contributed by atoms with van der Waals surface area (Å²) in [6.45, 7) is 6.05. The average molecular weight is 419 g/mol. The molecule has 2 fully saturated rings. The van der Waals surface area contributed by atoms with E-state index in [-0.39, 0.29) is 18.3 Å². The molecule has 1 amide bonds. The largest absolute Gasteiger partial charge is 0.343 e. The predicted octanol–water partition coefficient (Wildman–Crippen LogP) is 3.78. The molecule has 0 aliphatic carbocycles. The fourth-order valence-electron chi connectivity index (χ4n) is 4.59. The minimum absolute atomic E-state index is 0. The number of piperidine rings is 1. The van der Waals surface area contributed by atoms with E-state index >= 15 is 0 Å². The normalized spacial score (nSPS) is 18.9. The highest BCUT2D eigenvalue weighted by molar-refractivity contribution is 5.85. The summed E-state index contributed by atoms with van der Waals surface area (Å²) in [5.41, 5.74) is 2.56. The van der Waals surface area contributed by atoms with E-state index in [4.69, 9.17) is 4.52 Å². The Balaban J connectivity index is 0.00000240. The fourth-order valence-corrected chi connectivity index (χ4v) is 4.59. The second-order valence-electron chi connectivity index (χ2n) is 8.37. The van der Waals surface area contributed by atoms with Crippen LogP contribution in [0.1, 0.15) is 50.0 Å². The van der Waals surface area contributed by atoms with Gasteiger partial charge in [0.25, 0.3) is 0 Å². The molecule has 2 aliphatic rings. The molecule has 1 aromatic carbocycles. The number of rotatable bonds is 4. The predicted molar refractivity (Wildman–Crippen MR) is 115 cm³/mol. The van der Waals surface area contributed by atoms with Gasteiger partial charge in [0, 0.05) is 31.5 Å². The number of nitrogens with zero attached hydrogens (tertiary/aromatic N) is 3. The maximum absolute atomic E-state index is 12.7. The monoisotopic (exact) mass is 418 g/mol. The van der Waals surface area contributed by atoms with Crippen molar-refractivity contribution in [1.29, 1.82) is 0 Å². The SMILES string of the molecule is Cc1cccc(-c2noc(CCC(=O)N3CCCC4(CCNCC4)CC3)n2)c1.Cl. The van der Waals surface area contributed by atoms with Crippen molar-refractivity contribution in [2.45, 2.75) is 51.9 Å². The molecule has 2 aliphatic heterocycles. The Bertz CT molecular complexity index is 817. The number of carbonyl (C=O) groups excluding carboxylic acids is 1. The van der Waals surface area contributed by atoms with E-state index in [1.807, 2.05) is 31.2 Å². The van der Waals surface area contributed by atoms with Gasteiger partial charge >= 0.3 is 0 Å². The maximum atomic E-state index is 12.7. The van der Waals surface area contributed by atoms with Crippen LogP contribution in [0.15, 0.2) is 28.8 Å². The molecule has 1 spiro atoms. The number of benzene rings is 1. The molecule has 0 radical (unpaired) electrons. The summed E-state index contributed by atoms with van der Waals surface area (Å²) < 4.78 is 5.37. The zero-order chi connectivity index (χ0) is 19.4. The van der Waals surface area contributed by atoms with Crippen LogP contribution in [0.25, 0.3) is 11.4 Å². The van der Waals surface area contributed by atoms with Crippen LogP contribution in [0.5, 0.6) is 0 Å². The van der Waals surface area contributed by atoms with E-state index in [9.17, 15) is 4.79 Å². The van der Waals surface area contributed by atoms with E-state index in [1.165, 1.54) is 19.3 Å². The second-order valence-corrected chi connectivity index (χ2v) is 8.37. The topological polar surface area (TPSA) is 71.3 Å². The Morgan fingerprint density at radius 3 is 2.83 bits per heavy atom. The molecule has 2 saturated heterocycles. The molecule has 1 N–H and O–H groups in total. The number of likely N-dealkylation sites (tertiary alicyclic amines) is 1. The highest BCUT2D eigenvalue weighted by atomic mass is 35.5. The standard InChI is InChI=1S/C22H30N4O2.ClH/c1-17-4-2-5-18(16-17)21-24-19(28-25-21)6-7-20(27)26-14-3-8-22(11-15-26)9-12-23-13-10-22;/h2,4-5,16,23H,3,6-15H2,1H3;1H. The lowest BCUT2D eigenvalue weighted by Crippen LogP contribution is -2.38. The van der Waals surface area contributed by atoms with Gasteiger partial charge < -0.3 is 14.7 Å². The first-order valence-corrected chi connectivity index (χ1v) is 10.5. The number of halogens is 1. The van der Waals surface area contributed by atoms with Crippen LogP contribution in [0.2, 0.25) is 0 Å². The van der Waals surface area contributed by atoms with Crippen LogP contribution in [0.3, 0.4) is 0 Å². The number of amides is 1. The lowest BCUT2D eigenvalue weighted by molar-refractivity contribution is -0.131. The van der Waals surface area contributed by atoms with E-state index in [0.717, 1.165) is 50.1 Å². The number of aromatic nitrogens is 2. The van der Waals surface area contributed by atoms with E-state index in [0.29, 0.717) is 30.0 Å². The van der Waals surface area contributed by atoms with Crippen LogP contribution in [0, 0.1) is 12.3 Å². The molecule has 0 saturated carbocycles. The molecule has 0 unspecified atom stereocenters. The van der Waals surface area contributed by atoms with Crippen LogP contribution in [-0.4, -0.2) is 47.1 Å². The van der Waals surface area contributed by atoms with Crippen LogP contribution in [-0.2, 0) is 11.2 Å². The minimum Gasteiger partial charge on any atom is -0.343 e. The minimum atomic E-state index is 0. The van der Waals surface area contributed by atoms with Crippen LogP contribution in [0.4, 0.5) is 0 Å². The zero-order valence-corrected chi connectivity index (χ0v) is 18.0. The van der Waals surface area contributed by atoms with Crippen molar-refractivity contribution >= 4 is 18.3 Å². The third-order valence-electron chi connectivity index (χ3n) is 6.36. The summed E-state index contributed by atoms with van der Waals surface area (Å²) in [6.07, 6.45) is 6.94. The zero-order valence-electron chi connectivity index (χ0n) is 17.2. The first-order valence-electron chi connectivity index (χ1n) is 10.5. The van der Waals surface area contributed by atoms with Gasteiger partial charge in [-0.2, -0.15) is 4.98 Å². The number of carbonyl (C=O) groups is 1. The Kier molecular flexibility index (Phi) is 7.30. The van der Waals surface area contributed by atoms with Crippen molar-refractivity contribution in [3.05, 3.63) is 35.7 Å². The van der Waals surface area contributed by atoms with E-state index < -0.39 is 0 Å². The Hall–Kier alpha value is -1.92. The summed E-state index contributed by atoms with van der Waals surface area (Å²) in [6, 6.07) is 8.03. The molecule has 6 nitrogen and oxygen atoms in total. The molecule has 3 heterocycles. The second kappa shape index (κ2) is 9.72. The summed E-state index contributed by atoms with van der Waals surface area (Å²) in [5.74, 6) is 1.34. The molecule has 7 heteroatoms. The van der Waals surface area contributed by atoms with Crippen LogP contribution >= 0.6 is 12.4 Å². The molecule has 158 valence electrons. The van der Waals surface area contributed by atoms with Crippen LogP contribution < -0.4 is 5.32 Å². The summed E-state index contributed by atoms with van der Waals surface area (Å²) in [5, 5.41) is 7.54. The molecular weight excluding hydrogens is 388 g/mol. The average Bonchev–Trinajstić information content (AvgIpc) is 3.10. The first kappa shape index (κ1) is 21.8. The Morgan fingerprint density at radius 1 is 1.21 bits per heavy atom. The lowest BCUT2D eigenvalue weighted by atomic mass is 9.73. The van der Waals surface area contributed by atoms with Gasteiger partial charge in [-0.15, -0.1) is 12.4 Å². The molecule has 29 heavy (non-hydrogen) atoms. The highest BCUT2D eigenvalue weighted by Gasteiger charge is 2.34. The third kappa shape index (κ3) is 5.37. The summed E-state index contributed by atoms with van der Waals surface area (Å²) in [7, 11) is 0. The summed E-state index contributed by atoms with van der Waals surface area (Å²) >= 11 is 0. The number of aryl methyl sites for hydroxylation is 2. The molecule has 1 aromatic heterocycles. The number of nitrogens with one attached hydrogen (secondary N) is 1.